The Bertz CT molecular complexity index is 643. The number of para-hydroxylation sites is 1. The van der Waals surface area contributed by atoms with Gasteiger partial charge in [0, 0.05) is 18.8 Å². The van der Waals surface area contributed by atoms with Crippen molar-refractivity contribution < 1.29 is 4.74 Å². The van der Waals surface area contributed by atoms with E-state index in [9.17, 15) is 0 Å². The Labute approximate surface area is 128 Å². The Balaban J connectivity index is 1.88. The number of aryl methyl sites for hydroxylation is 1. The topological polar surface area (TPSA) is 101 Å². The van der Waals surface area contributed by atoms with Gasteiger partial charge in [-0.1, -0.05) is 18.2 Å². The largest absolute Gasteiger partial charge is 0.378 e. The number of ether oxygens (including phenoxy) is 1. The smallest absolute Gasteiger partial charge is 0.243 e. The van der Waals surface area contributed by atoms with Crippen LogP contribution in [0.15, 0.2) is 24.3 Å². The van der Waals surface area contributed by atoms with Crippen molar-refractivity contribution in [1.29, 1.82) is 0 Å². The van der Waals surface area contributed by atoms with Crippen LogP contribution in [-0.4, -0.2) is 41.3 Å². The van der Waals surface area contributed by atoms with Gasteiger partial charge in [-0.05, 0) is 18.6 Å². The molecule has 1 aliphatic heterocycles. The molecule has 0 atom stereocenters. The van der Waals surface area contributed by atoms with E-state index < -0.39 is 0 Å². The van der Waals surface area contributed by atoms with Crippen LogP contribution in [0.5, 0.6) is 0 Å². The highest BCUT2D eigenvalue weighted by atomic mass is 16.5. The Hall–Kier alpha value is -2.45. The lowest BCUT2D eigenvalue weighted by molar-refractivity contribution is 0.122. The van der Waals surface area contributed by atoms with Gasteiger partial charge in [0.15, 0.2) is 0 Å². The Morgan fingerprint density at radius 1 is 1.09 bits per heavy atom. The molecule has 0 bridgehead atoms. The molecule has 1 aliphatic rings. The molecule has 3 rings (SSSR count). The number of morpholine rings is 1. The van der Waals surface area contributed by atoms with Crippen molar-refractivity contribution in [3.63, 3.8) is 0 Å². The number of rotatable bonds is 4. The van der Waals surface area contributed by atoms with Gasteiger partial charge in [0.05, 0.1) is 13.2 Å². The summed E-state index contributed by atoms with van der Waals surface area (Å²) in [5.41, 5.74) is 4.55. The fourth-order valence-corrected chi connectivity index (χ4v) is 2.22. The van der Waals surface area contributed by atoms with Gasteiger partial charge in [-0.2, -0.15) is 15.0 Å². The average Bonchev–Trinajstić information content (AvgIpc) is 2.57. The number of aromatic nitrogens is 3. The van der Waals surface area contributed by atoms with Crippen LogP contribution in [0, 0.1) is 6.92 Å². The second kappa shape index (κ2) is 6.54. The molecule has 0 aliphatic carbocycles. The fraction of sp³-hybridized carbons (Fsp3) is 0.357. The van der Waals surface area contributed by atoms with E-state index in [1.807, 2.05) is 31.2 Å². The molecule has 0 radical (unpaired) electrons. The number of hydrogen-bond acceptors (Lipinski definition) is 8. The number of nitrogens with zero attached hydrogens (tertiary/aromatic N) is 4. The van der Waals surface area contributed by atoms with Crippen LogP contribution < -0.4 is 21.5 Å². The molecule has 1 aromatic heterocycles. The molecular weight excluding hydrogens is 282 g/mol. The van der Waals surface area contributed by atoms with E-state index in [1.165, 1.54) is 0 Å². The van der Waals surface area contributed by atoms with E-state index in [0.717, 1.165) is 24.3 Å². The van der Waals surface area contributed by atoms with E-state index in [0.29, 0.717) is 31.1 Å². The lowest BCUT2D eigenvalue weighted by Crippen LogP contribution is -2.37. The maximum absolute atomic E-state index is 5.47. The van der Waals surface area contributed by atoms with Gasteiger partial charge in [0.25, 0.3) is 0 Å². The van der Waals surface area contributed by atoms with Crippen molar-refractivity contribution in [2.24, 2.45) is 5.84 Å². The molecule has 1 saturated heterocycles. The highest BCUT2D eigenvalue weighted by Gasteiger charge is 2.16. The second-order valence-corrected chi connectivity index (χ2v) is 4.97. The number of nitrogens with one attached hydrogen (secondary N) is 2. The third-order valence-electron chi connectivity index (χ3n) is 3.44. The van der Waals surface area contributed by atoms with Gasteiger partial charge in [0.2, 0.25) is 17.8 Å². The zero-order valence-corrected chi connectivity index (χ0v) is 12.4. The van der Waals surface area contributed by atoms with Gasteiger partial charge in [-0.15, -0.1) is 0 Å². The van der Waals surface area contributed by atoms with Crippen LogP contribution >= 0.6 is 0 Å². The first kappa shape index (κ1) is 14.5. The molecule has 0 unspecified atom stereocenters. The summed E-state index contributed by atoms with van der Waals surface area (Å²) in [6.07, 6.45) is 0. The van der Waals surface area contributed by atoms with Crippen LogP contribution in [-0.2, 0) is 4.74 Å². The monoisotopic (exact) mass is 301 g/mol. The highest BCUT2D eigenvalue weighted by molar-refractivity contribution is 5.59. The first-order valence-corrected chi connectivity index (χ1v) is 7.14. The van der Waals surface area contributed by atoms with Crippen molar-refractivity contribution in [2.45, 2.75) is 6.92 Å². The van der Waals surface area contributed by atoms with E-state index in [2.05, 4.69) is 30.6 Å². The SMILES string of the molecule is Cc1ccccc1Nc1nc(NN)nc(N2CCOCC2)n1. The molecule has 4 N–H and O–H groups in total. The van der Waals surface area contributed by atoms with Crippen molar-refractivity contribution in [2.75, 3.05) is 41.9 Å². The van der Waals surface area contributed by atoms with Crippen LogP contribution in [0.2, 0.25) is 0 Å². The summed E-state index contributed by atoms with van der Waals surface area (Å²) in [6.45, 7) is 4.85. The molecule has 0 amide bonds. The molecule has 2 aromatic rings. The zero-order valence-electron chi connectivity index (χ0n) is 12.4. The molecule has 1 aromatic carbocycles. The summed E-state index contributed by atoms with van der Waals surface area (Å²) < 4.78 is 5.35. The van der Waals surface area contributed by atoms with Gasteiger partial charge in [0.1, 0.15) is 0 Å². The third kappa shape index (κ3) is 3.23. The first-order valence-electron chi connectivity index (χ1n) is 7.14. The third-order valence-corrected chi connectivity index (χ3v) is 3.44. The minimum absolute atomic E-state index is 0.326. The Morgan fingerprint density at radius 2 is 1.82 bits per heavy atom. The van der Waals surface area contributed by atoms with Crippen molar-refractivity contribution >= 4 is 23.5 Å². The Morgan fingerprint density at radius 3 is 2.55 bits per heavy atom. The number of hydrazine groups is 1. The fourth-order valence-electron chi connectivity index (χ4n) is 2.22. The van der Waals surface area contributed by atoms with Crippen LogP contribution in [0.1, 0.15) is 5.56 Å². The van der Waals surface area contributed by atoms with Crippen LogP contribution in [0.4, 0.5) is 23.5 Å². The molecule has 1 fully saturated rings. The predicted molar refractivity (Wildman–Crippen MR) is 85.1 cm³/mol. The highest BCUT2D eigenvalue weighted by Crippen LogP contribution is 2.20. The maximum Gasteiger partial charge on any atom is 0.243 e. The summed E-state index contributed by atoms with van der Waals surface area (Å²) in [5, 5.41) is 3.21. The van der Waals surface area contributed by atoms with Crippen LogP contribution in [0.3, 0.4) is 0 Å². The molecule has 116 valence electrons. The number of benzene rings is 1. The Kier molecular flexibility index (Phi) is 4.31. The lowest BCUT2D eigenvalue weighted by Gasteiger charge is -2.27. The molecule has 0 spiro atoms. The number of anilines is 4. The van der Waals surface area contributed by atoms with Gasteiger partial charge >= 0.3 is 0 Å². The number of hydrogen-bond donors (Lipinski definition) is 3. The predicted octanol–water partition coefficient (Wildman–Crippen LogP) is 1.05. The minimum atomic E-state index is 0.326. The lowest BCUT2D eigenvalue weighted by atomic mass is 10.2. The molecular formula is C14H19N7O. The van der Waals surface area contributed by atoms with Crippen LogP contribution in [0.25, 0.3) is 0 Å². The second-order valence-electron chi connectivity index (χ2n) is 4.97. The molecule has 8 heteroatoms. The maximum atomic E-state index is 5.47. The zero-order chi connectivity index (χ0) is 15.4. The van der Waals surface area contributed by atoms with Gasteiger partial charge in [-0.3, -0.25) is 5.43 Å². The molecule has 22 heavy (non-hydrogen) atoms. The van der Waals surface area contributed by atoms with Crippen molar-refractivity contribution in [1.82, 2.24) is 15.0 Å². The normalized spacial score (nSPS) is 14.7. The summed E-state index contributed by atoms with van der Waals surface area (Å²) in [5.74, 6) is 6.84. The van der Waals surface area contributed by atoms with Crippen molar-refractivity contribution in [3.8, 4) is 0 Å². The average molecular weight is 301 g/mol. The van der Waals surface area contributed by atoms with Crippen molar-refractivity contribution in [3.05, 3.63) is 29.8 Å². The molecule has 2 heterocycles. The summed E-state index contributed by atoms with van der Waals surface area (Å²) in [7, 11) is 0. The van der Waals surface area contributed by atoms with E-state index in [-0.39, 0.29) is 0 Å². The number of nitrogens with two attached hydrogens (primary N) is 1. The van der Waals surface area contributed by atoms with Gasteiger partial charge in [-0.25, -0.2) is 5.84 Å². The summed E-state index contributed by atoms with van der Waals surface area (Å²) in [6, 6.07) is 7.94. The summed E-state index contributed by atoms with van der Waals surface area (Å²) in [4.78, 5) is 15.1. The number of nitrogen functional groups attached to an aromatic ring is 1. The van der Waals surface area contributed by atoms with E-state index in [4.69, 9.17) is 10.6 Å². The van der Waals surface area contributed by atoms with E-state index >= 15 is 0 Å². The molecule has 8 nitrogen and oxygen atoms in total. The van der Waals surface area contributed by atoms with E-state index in [1.54, 1.807) is 0 Å². The first-order chi connectivity index (χ1) is 10.8. The quantitative estimate of drug-likeness (QED) is 0.569. The molecule has 0 saturated carbocycles. The summed E-state index contributed by atoms with van der Waals surface area (Å²) >= 11 is 0. The standard InChI is InChI=1S/C14H19N7O/c1-10-4-2-3-5-11(10)16-12-17-13(20-15)19-14(18-12)21-6-8-22-9-7-21/h2-5H,6-9,15H2,1H3,(H2,16,17,18,19,20). The van der Waals surface area contributed by atoms with Gasteiger partial charge < -0.3 is 15.0 Å². The minimum Gasteiger partial charge on any atom is -0.378 e.